The topological polar surface area (TPSA) is 36.7 Å². The predicted molar refractivity (Wildman–Crippen MR) is 120 cm³/mol. The fourth-order valence-electron chi connectivity index (χ4n) is 3.73. The van der Waals surface area contributed by atoms with Crippen LogP contribution in [0.25, 0.3) is 27.9 Å². The summed E-state index contributed by atoms with van der Waals surface area (Å²) in [5.41, 5.74) is 6.85. The summed E-state index contributed by atoms with van der Waals surface area (Å²) in [5, 5.41) is 8.93. The number of hydrogen-bond acceptors (Lipinski definition) is 5. The summed E-state index contributed by atoms with van der Waals surface area (Å²) in [6.07, 6.45) is 3.94. The summed E-state index contributed by atoms with van der Waals surface area (Å²) in [6, 6.07) is 10.9. The molecule has 0 saturated carbocycles. The van der Waals surface area contributed by atoms with Crippen LogP contribution in [0.3, 0.4) is 0 Å². The van der Waals surface area contributed by atoms with Gasteiger partial charge >= 0.3 is 177 Å². The molecule has 1 atom stereocenters. The zero-order chi connectivity index (χ0) is 19.1. The summed E-state index contributed by atoms with van der Waals surface area (Å²) in [7, 11) is 2.19. The van der Waals surface area contributed by atoms with E-state index >= 15 is 0 Å². The fraction of sp³-hybridized carbons (Fsp3) is 0.238. The van der Waals surface area contributed by atoms with Crippen molar-refractivity contribution in [1.29, 1.82) is 0 Å². The summed E-state index contributed by atoms with van der Waals surface area (Å²) >= 11 is 3.28. The first kappa shape index (κ1) is 17.9. The molecule has 1 unspecified atom stereocenters. The molecule has 0 amide bonds. The second-order valence-corrected chi connectivity index (χ2v) is 9.13. The van der Waals surface area contributed by atoms with E-state index in [0.717, 1.165) is 43.0 Å². The first-order chi connectivity index (χ1) is 13.7. The number of fused-ring (bicyclic) bond motifs is 1. The molecular formula is C21H22AsN5S. The van der Waals surface area contributed by atoms with Crippen molar-refractivity contribution in [3.05, 3.63) is 53.5 Å². The van der Waals surface area contributed by atoms with Crippen LogP contribution in [0.2, 0.25) is 0 Å². The van der Waals surface area contributed by atoms with Crippen LogP contribution in [0.5, 0.6) is 0 Å². The minimum atomic E-state index is 0.925. The SMILES string of the molecule is CN1CCN(c2cccc(-c3cnn4c([AsH2])c(-c5ccsc5)cnc34)c2)CC1. The second kappa shape index (κ2) is 7.36. The molecule has 1 fully saturated rings. The van der Waals surface area contributed by atoms with E-state index in [9.17, 15) is 0 Å². The molecule has 0 N–H and O–H groups in total. The van der Waals surface area contributed by atoms with E-state index < -0.39 is 0 Å². The van der Waals surface area contributed by atoms with Gasteiger partial charge in [-0.25, -0.2) is 0 Å². The van der Waals surface area contributed by atoms with E-state index in [2.05, 4.69) is 63.0 Å². The summed E-state index contributed by atoms with van der Waals surface area (Å²) < 4.78 is 3.17. The third-order valence-electron chi connectivity index (χ3n) is 5.42. The van der Waals surface area contributed by atoms with E-state index in [0.29, 0.717) is 0 Å². The molecule has 3 aromatic heterocycles. The Kier molecular flexibility index (Phi) is 4.71. The Bertz CT molecular complexity index is 1110. The van der Waals surface area contributed by atoms with E-state index in [4.69, 9.17) is 4.98 Å². The molecule has 1 aliphatic heterocycles. The molecule has 0 spiro atoms. The molecule has 142 valence electrons. The van der Waals surface area contributed by atoms with Crippen molar-refractivity contribution in [3.63, 3.8) is 0 Å². The number of rotatable bonds is 3. The summed E-state index contributed by atoms with van der Waals surface area (Å²) in [6.45, 7) is 4.35. The van der Waals surface area contributed by atoms with Gasteiger partial charge in [-0.05, 0) is 0 Å². The number of benzene rings is 1. The van der Waals surface area contributed by atoms with E-state index in [-0.39, 0.29) is 0 Å². The Labute approximate surface area is 177 Å². The monoisotopic (exact) mass is 451 g/mol. The Morgan fingerprint density at radius 2 is 1.86 bits per heavy atom. The average Bonchev–Trinajstić information content (AvgIpc) is 3.39. The number of anilines is 1. The zero-order valence-corrected chi connectivity index (χ0v) is 19.0. The van der Waals surface area contributed by atoms with Crippen molar-refractivity contribution >= 4 is 44.0 Å². The number of likely N-dealkylation sites (N-methyl/N-ethyl adjacent to an activating group) is 1. The summed E-state index contributed by atoms with van der Waals surface area (Å²) in [5.74, 6) is 0. The third kappa shape index (κ3) is 3.16. The number of aromatic nitrogens is 3. The molecule has 4 aromatic rings. The van der Waals surface area contributed by atoms with Crippen molar-refractivity contribution in [1.82, 2.24) is 19.5 Å². The Morgan fingerprint density at radius 3 is 2.64 bits per heavy atom. The second-order valence-electron chi connectivity index (χ2n) is 7.20. The molecule has 1 aromatic carbocycles. The van der Waals surface area contributed by atoms with Gasteiger partial charge in [0, 0.05) is 0 Å². The van der Waals surface area contributed by atoms with Gasteiger partial charge in [0.2, 0.25) is 0 Å². The molecule has 4 heterocycles. The van der Waals surface area contributed by atoms with Crippen molar-refractivity contribution < 1.29 is 0 Å². The van der Waals surface area contributed by atoms with Crippen LogP contribution in [0, 0.1) is 0 Å². The van der Waals surface area contributed by atoms with Gasteiger partial charge in [-0.15, -0.1) is 0 Å². The van der Waals surface area contributed by atoms with Crippen LogP contribution < -0.4 is 9.38 Å². The fourth-order valence-corrected chi connectivity index (χ4v) is 5.29. The normalized spacial score (nSPS) is 15.4. The quantitative estimate of drug-likeness (QED) is 0.448. The Balaban J connectivity index is 1.53. The van der Waals surface area contributed by atoms with Gasteiger partial charge in [0.15, 0.2) is 0 Å². The van der Waals surface area contributed by atoms with Gasteiger partial charge in [-0.2, -0.15) is 0 Å². The van der Waals surface area contributed by atoms with Crippen molar-refractivity contribution in [2.45, 2.75) is 0 Å². The molecular weight excluding hydrogens is 429 g/mol. The first-order valence-corrected chi connectivity index (χ1v) is 11.5. The van der Waals surface area contributed by atoms with Crippen molar-refractivity contribution in [2.24, 2.45) is 0 Å². The van der Waals surface area contributed by atoms with E-state index in [1.54, 1.807) is 28.2 Å². The molecule has 28 heavy (non-hydrogen) atoms. The molecule has 0 bridgehead atoms. The molecule has 0 aliphatic carbocycles. The van der Waals surface area contributed by atoms with Crippen molar-refractivity contribution in [2.75, 3.05) is 38.1 Å². The van der Waals surface area contributed by atoms with Crippen LogP contribution in [-0.2, 0) is 0 Å². The Hall–Kier alpha value is -2.14. The maximum atomic E-state index is 4.78. The Morgan fingerprint density at radius 1 is 1.00 bits per heavy atom. The first-order valence-electron chi connectivity index (χ1n) is 9.39. The van der Waals surface area contributed by atoms with Gasteiger partial charge in [0.05, 0.1) is 0 Å². The van der Waals surface area contributed by atoms with Gasteiger partial charge in [-0.3, -0.25) is 0 Å². The van der Waals surface area contributed by atoms with Crippen molar-refractivity contribution in [3.8, 4) is 22.3 Å². The molecule has 5 nitrogen and oxygen atoms in total. The third-order valence-corrected chi connectivity index (χ3v) is 7.27. The molecule has 1 aliphatic rings. The van der Waals surface area contributed by atoms with Crippen LogP contribution in [-0.4, -0.2) is 69.6 Å². The molecule has 0 radical (unpaired) electrons. The van der Waals surface area contributed by atoms with Gasteiger partial charge in [-0.1, -0.05) is 0 Å². The maximum absolute atomic E-state index is 4.78. The van der Waals surface area contributed by atoms with Crippen LogP contribution in [0.15, 0.2) is 53.5 Å². The number of hydrogen-bond donors (Lipinski definition) is 0. The van der Waals surface area contributed by atoms with Crippen LogP contribution >= 0.6 is 11.3 Å². The standard InChI is InChI=1S/C21H22AsN5S/c1-25-6-8-26(9-7-25)17-4-2-3-15(11-17)19-13-24-27-20(22)18(12-23-21(19)27)16-5-10-28-14-16/h2-5,10-14H,6-9,22H2,1H3. The van der Waals surface area contributed by atoms with Gasteiger partial charge < -0.3 is 0 Å². The molecule has 7 heteroatoms. The predicted octanol–water partition coefficient (Wildman–Crippen LogP) is 2.13. The minimum absolute atomic E-state index is 0.925. The summed E-state index contributed by atoms with van der Waals surface area (Å²) in [4.78, 5) is 9.63. The van der Waals surface area contributed by atoms with E-state index in [1.165, 1.54) is 21.3 Å². The molecule has 1 saturated heterocycles. The average molecular weight is 451 g/mol. The van der Waals surface area contributed by atoms with E-state index in [1.807, 2.05) is 16.9 Å². The number of piperazine rings is 1. The number of thiophene rings is 1. The van der Waals surface area contributed by atoms with Gasteiger partial charge in [0.25, 0.3) is 0 Å². The number of nitrogens with zero attached hydrogens (tertiary/aromatic N) is 5. The van der Waals surface area contributed by atoms with Gasteiger partial charge in [0.1, 0.15) is 0 Å². The zero-order valence-electron chi connectivity index (χ0n) is 15.7. The van der Waals surface area contributed by atoms with Crippen LogP contribution in [0.1, 0.15) is 0 Å². The van der Waals surface area contributed by atoms with Crippen LogP contribution in [0.4, 0.5) is 5.69 Å². The molecule has 5 rings (SSSR count).